The highest BCUT2D eigenvalue weighted by molar-refractivity contribution is 8.14. The molecule has 2 aliphatic heterocycles. The number of hydrogen-bond donors (Lipinski definition) is 1. The molecule has 114 valence electrons. The van der Waals surface area contributed by atoms with Crippen molar-refractivity contribution < 1.29 is 9.47 Å². The summed E-state index contributed by atoms with van der Waals surface area (Å²) >= 11 is 1.88. The lowest BCUT2D eigenvalue weighted by molar-refractivity contribution is -0.00900. The van der Waals surface area contributed by atoms with Crippen molar-refractivity contribution in [2.75, 3.05) is 32.6 Å². The summed E-state index contributed by atoms with van der Waals surface area (Å²) in [6.07, 6.45) is 6.22. The van der Waals surface area contributed by atoms with E-state index in [0.29, 0.717) is 18.7 Å². The Kier molecular flexibility index (Phi) is 4.29. The van der Waals surface area contributed by atoms with Crippen LogP contribution in [0.4, 0.5) is 0 Å². The van der Waals surface area contributed by atoms with Gasteiger partial charge in [-0.1, -0.05) is 18.7 Å². The van der Waals surface area contributed by atoms with Crippen LogP contribution in [-0.2, 0) is 9.47 Å². The number of nitrogens with one attached hydrogen (secondary N) is 1. The normalized spacial score (nSPS) is 43.3. The predicted molar refractivity (Wildman–Crippen MR) is 83.4 cm³/mol. The molecule has 3 rings (SSSR count). The molecule has 1 atom stereocenters. The van der Waals surface area contributed by atoms with Crippen LogP contribution < -0.4 is 5.32 Å². The summed E-state index contributed by atoms with van der Waals surface area (Å²) in [5.41, 5.74) is 0.133. The fourth-order valence-electron chi connectivity index (χ4n) is 3.33. The largest absolute Gasteiger partial charge is 0.378 e. The Morgan fingerprint density at radius 3 is 2.85 bits per heavy atom. The molecule has 5 heteroatoms. The van der Waals surface area contributed by atoms with Gasteiger partial charge in [0.05, 0.1) is 13.2 Å². The molecule has 1 aliphatic carbocycles. The van der Waals surface area contributed by atoms with E-state index in [2.05, 4.69) is 12.2 Å². The van der Waals surface area contributed by atoms with Crippen molar-refractivity contribution in [1.29, 1.82) is 0 Å². The van der Waals surface area contributed by atoms with Crippen molar-refractivity contribution in [3.8, 4) is 0 Å². The third-order valence-electron chi connectivity index (χ3n) is 5.10. The third kappa shape index (κ3) is 3.00. The molecule has 2 heterocycles. The van der Waals surface area contributed by atoms with Gasteiger partial charge in [-0.05, 0) is 31.6 Å². The maximum atomic E-state index is 5.64. The van der Waals surface area contributed by atoms with Gasteiger partial charge >= 0.3 is 0 Å². The van der Waals surface area contributed by atoms with E-state index in [0.717, 1.165) is 24.1 Å². The van der Waals surface area contributed by atoms with Gasteiger partial charge < -0.3 is 14.8 Å². The van der Waals surface area contributed by atoms with Gasteiger partial charge in [0.25, 0.3) is 0 Å². The summed E-state index contributed by atoms with van der Waals surface area (Å²) in [6, 6.07) is 0. The first-order valence-corrected chi connectivity index (χ1v) is 8.72. The Labute approximate surface area is 126 Å². The lowest BCUT2D eigenvalue weighted by Gasteiger charge is -2.35. The zero-order valence-electron chi connectivity index (χ0n) is 12.6. The van der Waals surface area contributed by atoms with E-state index in [-0.39, 0.29) is 5.60 Å². The molecule has 1 spiro atoms. The van der Waals surface area contributed by atoms with Crippen molar-refractivity contribution in [3.05, 3.63) is 0 Å². The van der Waals surface area contributed by atoms with E-state index in [1.165, 1.54) is 31.4 Å². The maximum Gasteiger partial charge on any atom is 0.157 e. The number of thioether (sulfide) groups is 1. The summed E-state index contributed by atoms with van der Waals surface area (Å²) < 4.78 is 11.1. The van der Waals surface area contributed by atoms with Crippen LogP contribution in [0.15, 0.2) is 4.99 Å². The highest BCUT2D eigenvalue weighted by atomic mass is 32.2. The van der Waals surface area contributed by atoms with Crippen LogP contribution in [0.3, 0.4) is 0 Å². The highest BCUT2D eigenvalue weighted by Crippen LogP contribution is 2.38. The molecule has 1 unspecified atom stereocenters. The lowest BCUT2D eigenvalue weighted by Crippen LogP contribution is -2.46. The van der Waals surface area contributed by atoms with Crippen molar-refractivity contribution in [2.45, 2.75) is 50.2 Å². The number of aliphatic imine (C=N–C) groups is 1. The molecule has 1 saturated carbocycles. The van der Waals surface area contributed by atoms with E-state index < -0.39 is 0 Å². The number of ether oxygens (including phenoxy) is 2. The standard InChI is InChI=1S/C15H26N2O2S/c1-12-3-5-14(6-4-12)11-20-13(17-14)16-9-15(18-2)7-8-19-10-15/h12H,3-11H2,1-2H3,(H,16,17). The summed E-state index contributed by atoms with van der Waals surface area (Å²) in [5.74, 6) is 2.07. The third-order valence-corrected chi connectivity index (χ3v) is 6.30. The van der Waals surface area contributed by atoms with Gasteiger partial charge in [0, 0.05) is 31.4 Å². The Morgan fingerprint density at radius 1 is 1.40 bits per heavy atom. The Hall–Kier alpha value is -0.260. The summed E-state index contributed by atoms with van der Waals surface area (Å²) in [6.45, 7) is 4.55. The molecule has 20 heavy (non-hydrogen) atoms. The van der Waals surface area contributed by atoms with Crippen LogP contribution in [0.1, 0.15) is 39.0 Å². The van der Waals surface area contributed by atoms with Crippen LogP contribution in [0.25, 0.3) is 0 Å². The van der Waals surface area contributed by atoms with E-state index in [1.54, 1.807) is 7.11 Å². The van der Waals surface area contributed by atoms with E-state index in [4.69, 9.17) is 14.5 Å². The fraction of sp³-hybridized carbons (Fsp3) is 0.933. The topological polar surface area (TPSA) is 42.8 Å². The first-order chi connectivity index (χ1) is 9.65. The zero-order chi connectivity index (χ0) is 14.1. The highest BCUT2D eigenvalue weighted by Gasteiger charge is 2.40. The molecule has 0 radical (unpaired) electrons. The molecular weight excluding hydrogens is 272 g/mol. The molecule has 0 bridgehead atoms. The maximum absolute atomic E-state index is 5.64. The number of nitrogens with zero attached hydrogens (tertiary/aromatic N) is 1. The van der Waals surface area contributed by atoms with Crippen LogP contribution in [0.5, 0.6) is 0 Å². The molecule has 0 aromatic rings. The number of methoxy groups -OCH3 is 1. The minimum Gasteiger partial charge on any atom is -0.378 e. The van der Waals surface area contributed by atoms with Gasteiger partial charge in [-0.3, -0.25) is 4.99 Å². The van der Waals surface area contributed by atoms with Gasteiger partial charge in [-0.15, -0.1) is 0 Å². The van der Waals surface area contributed by atoms with Crippen LogP contribution in [0.2, 0.25) is 0 Å². The van der Waals surface area contributed by atoms with Crippen molar-refractivity contribution in [2.24, 2.45) is 10.9 Å². The monoisotopic (exact) mass is 298 g/mol. The minimum absolute atomic E-state index is 0.188. The van der Waals surface area contributed by atoms with E-state index >= 15 is 0 Å². The second-order valence-electron chi connectivity index (χ2n) is 6.69. The minimum atomic E-state index is -0.188. The smallest absolute Gasteiger partial charge is 0.157 e. The Morgan fingerprint density at radius 2 is 2.20 bits per heavy atom. The quantitative estimate of drug-likeness (QED) is 0.869. The lowest BCUT2D eigenvalue weighted by atomic mass is 9.78. The number of rotatable bonds is 3. The molecule has 3 fully saturated rings. The first kappa shape index (κ1) is 14.7. The van der Waals surface area contributed by atoms with Crippen molar-refractivity contribution in [3.63, 3.8) is 0 Å². The molecule has 0 amide bonds. The SMILES string of the molecule is COC1(CN=C2NC3(CCC(C)CC3)CS2)CCOC1. The molecular formula is C15H26N2O2S. The molecule has 0 aromatic carbocycles. The van der Waals surface area contributed by atoms with Gasteiger partial charge in [0.15, 0.2) is 5.17 Å². The molecule has 2 saturated heterocycles. The van der Waals surface area contributed by atoms with Gasteiger partial charge in [0.2, 0.25) is 0 Å². The Balaban J connectivity index is 1.58. The Bertz CT molecular complexity index is 372. The summed E-state index contributed by atoms with van der Waals surface area (Å²) in [7, 11) is 1.77. The van der Waals surface area contributed by atoms with Crippen LogP contribution >= 0.6 is 11.8 Å². The van der Waals surface area contributed by atoms with Crippen molar-refractivity contribution >= 4 is 16.9 Å². The first-order valence-electron chi connectivity index (χ1n) is 7.74. The van der Waals surface area contributed by atoms with Crippen LogP contribution in [0, 0.1) is 5.92 Å². The second kappa shape index (κ2) is 5.85. The number of amidine groups is 1. The average Bonchev–Trinajstić information content (AvgIpc) is 3.09. The zero-order valence-corrected chi connectivity index (χ0v) is 13.4. The summed E-state index contributed by atoms with van der Waals surface area (Å²) in [4.78, 5) is 4.78. The predicted octanol–water partition coefficient (Wildman–Crippen LogP) is 2.43. The fourth-order valence-corrected chi connectivity index (χ4v) is 4.55. The van der Waals surface area contributed by atoms with E-state index in [9.17, 15) is 0 Å². The van der Waals surface area contributed by atoms with Gasteiger partial charge in [-0.25, -0.2) is 0 Å². The van der Waals surface area contributed by atoms with Gasteiger partial charge in [-0.2, -0.15) is 0 Å². The average molecular weight is 298 g/mol. The molecule has 3 aliphatic rings. The molecule has 4 nitrogen and oxygen atoms in total. The summed E-state index contributed by atoms with van der Waals surface area (Å²) in [5, 5.41) is 4.82. The van der Waals surface area contributed by atoms with Crippen LogP contribution in [-0.4, -0.2) is 48.9 Å². The number of hydrogen-bond acceptors (Lipinski definition) is 4. The molecule has 0 aromatic heterocycles. The van der Waals surface area contributed by atoms with Crippen molar-refractivity contribution in [1.82, 2.24) is 5.32 Å². The molecule has 1 N–H and O–H groups in total. The van der Waals surface area contributed by atoms with E-state index in [1.807, 2.05) is 11.8 Å². The second-order valence-corrected chi connectivity index (χ2v) is 7.65. The van der Waals surface area contributed by atoms with Gasteiger partial charge in [0.1, 0.15) is 5.60 Å².